The predicted molar refractivity (Wildman–Crippen MR) is 40.6 cm³/mol. The first-order valence-electron chi connectivity index (χ1n) is 3.29. The molecule has 0 aromatic heterocycles. The van der Waals surface area contributed by atoms with Gasteiger partial charge < -0.3 is 16.4 Å². The predicted octanol–water partition coefficient (Wildman–Crippen LogP) is -1.05. The van der Waals surface area contributed by atoms with Crippen LogP contribution in [0, 0.1) is 0 Å². The molecule has 0 aliphatic carbocycles. The first-order chi connectivity index (χ1) is 4.63. The monoisotopic (exact) mass is 142 g/mol. The molecule has 0 spiro atoms. The number of hydrogen-bond acceptors (Lipinski definition) is 4. The van der Waals surface area contributed by atoms with Crippen LogP contribution in [-0.4, -0.2) is 24.8 Å². The van der Waals surface area contributed by atoms with Gasteiger partial charge in [0, 0.05) is 7.05 Å². The molecule has 1 atom stereocenters. The highest BCUT2D eigenvalue weighted by Gasteiger charge is 2.16. The van der Waals surface area contributed by atoms with Gasteiger partial charge in [0.15, 0.2) is 0 Å². The van der Waals surface area contributed by atoms with E-state index in [1.807, 2.05) is 18.9 Å². The van der Waals surface area contributed by atoms with Crippen molar-refractivity contribution in [2.24, 2.45) is 11.5 Å². The molecule has 0 radical (unpaired) electrons. The molecule has 1 heterocycles. The Hall–Kier alpha value is -0.740. The van der Waals surface area contributed by atoms with E-state index in [1.165, 1.54) is 0 Å². The lowest BCUT2D eigenvalue weighted by Crippen LogP contribution is -2.50. The minimum Gasteiger partial charge on any atom is -0.385 e. The highest BCUT2D eigenvalue weighted by molar-refractivity contribution is 5.15. The third-order valence-electron chi connectivity index (χ3n) is 1.83. The normalized spacial score (nSPS) is 27.5. The highest BCUT2D eigenvalue weighted by Crippen LogP contribution is 2.07. The quantitative estimate of drug-likeness (QED) is 0.404. The summed E-state index contributed by atoms with van der Waals surface area (Å²) in [7, 11) is 1.93. The van der Waals surface area contributed by atoms with Crippen molar-refractivity contribution in [1.29, 1.82) is 0 Å². The van der Waals surface area contributed by atoms with Crippen LogP contribution >= 0.6 is 0 Å². The standard InChI is InChI=1S/C6H14N4/c1-4-5(7)9-3-10(2)6(4)8/h5,9H,3,7-8H2,1-2H3. The van der Waals surface area contributed by atoms with Crippen LogP contribution in [0.15, 0.2) is 11.4 Å². The van der Waals surface area contributed by atoms with Gasteiger partial charge in [-0.05, 0) is 12.5 Å². The summed E-state index contributed by atoms with van der Waals surface area (Å²) >= 11 is 0. The van der Waals surface area contributed by atoms with Crippen molar-refractivity contribution in [1.82, 2.24) is 10.2 Å². The minimum atomic E-state index is -0.0730. The van der Waals surface area contributed by atoms with Gasteiger partial charge in [-0.2, -0.15) is 0 Å². The van der Waals surface area contributed by atoms with Crippen molar-refractivity contribution < 1.29 is 0 Å². The number of hydrogen-bond donors (Lipinski definition) is 3. The molecule has 0 amide bonds. The summed E-state index contributed by atoms with van der Waals surface area (Å²) in [6.45, 7) is 2.66. The molecule has 4 nitrogen and oxygen atoms in total. The lowest BCUT2D eigenvalue weighted by molar-refractivity contribution is 0.318. The van der Waals surface area contributed by atoms with Crippen molar-refractivity contribution in [2.75, 3.05) is 13.7 Å². The molecule has 5 N–H and O–H groups in total. The average molecular weight is 142 g/mol. The topological polar surface area (TPSA) is 67.3 Å². The SMILES string of the molecule is CC1=C(N)N(C)CNC1N. The Morgan fingerprint density at radius 2 is 2.30 bits per heavy atom. The maximum Gasteiger partial charge on any atom is 0.101 e. The van der Waals surface area contributed by atoms with Crippen LogP contribution in [0.25, 0.3) is 0 Å². The molecular weight excluding hydrogens is 128 g/mol. The molecule has 4 heteroatoms. The molecule has 1 unspecified atom stereocenters. The Bertz CT molecular complexity index is 145. The van der Waals surface area contributed by atoms with Crippen LogP contribution in [0.1, 0.15) is 6.92 Å². The summed E-state index contributed by atoms with van der Waals surface area (Å²) < 4.78 is 0. The second-order valence-corrected chi connectivity index (χ2v) is 2.61. The Morgan fingerprint density at radius 3 is 2.80 bits per heavy atom. The van der Waals surface area contributed by atoms with Gasteiger partial charge in [0.05, 0.1) is 12.8 Å². The zero-order valence-electron chi connectivity index (χ0n) is 6.39. The fraction of sp³-hybridized carbons (Fsp3) is 0.667. The van der Waals surface area contributed by atoms with Crippen molar-refractivity contribution in [3.8, 4) is 0 Å². The van der Waals surface area contributed by atoms with Gasteiger partial charge in [-0.3, -0.25) is 5.32 Å². The van der Waals surface area contributed by atoms with Crippen LogP contribution in [0.5, 0.6) is 0 Å². The lowest BCUT2D eigenvalue weighted by Gasteiger charge is -2.31. The van der Waals surface area contributed by atoms with Gasteiger partial charge in [-0.15, -0.1) is 0 Å². The van der Waals surface area contributed by atoms with E-state index >= 15 is 0 Å². The van der Waals surface area contributed by atoms with E-state index in [9.17, 15) is 0 Å². The lowest BCUT2D eigenvalue weighted by atomic mass is 10.2. The van der Waals surface area contributed by atoms with Gasteiger partial charge in [0.1, 0.15) is 5.82 Å². The molecule has 1 aliphatic rings. The molecule has 0 saturated heterocycles. The summed E-state index contributed by atoms with van der Waals surface area (Å²) in [5.74, 6) is 0.784. The fourth-order valence-electron chi connectivity index (χ4n) is 0.934. The summed E-state index contributed by atoms with van der Waals surface area (Å²) in [6.07, 6.45) is -0.0730. The summed E-state index contributed by atoms with van der Waals surface area (Å²) in [5, 5.41) is 3.08. The van der Waals surface area contributed by atoms with Crippen molar-refractivity contribution in [3.05, 3.63) is 11.4 Å². The molecule has 0 saturated carbocycles. The zero-order valence-corrected chi connectivity index (χ0v) is 6.39. The molecule has 0 fully saturated rings. The van der Waals surface area contributed by atoms with Crippen molar-refractivity contribution in [2.45, 2.75) is 13.1 Å². The molecule has 0 aromatic rings. The van der Waals surface area contributed by atoms with Gasteiger partial charge in [0.2, 0.25) is 0 Å². The number of nitrogens with one attached hydrogen (secondary N) is 1. The molecule has 1 aliphatic heterocycles. The Labute approximate surface area is 60.9 Å². The van der Waals surface area contributed by atoms with E-state index in [4.69, 9.17) is 11.5 Å². The van der Waals surface area contributed by atoms with Gasteiger partial charge in [0.25, 0.3) is 0 Å². The summed E-state index contributed by atoms with van der Waals surface area (Å²) in [4.78, 5) is 1.93. The summed E-state index contributed by atoms with van der Waals surface area (Å²) in [6, 6.07) is 0. The maximum atomic E-state index is 5.70. The van der Waals surface area contributed by atoms with Crippen molar-refractivity contribution >= 4 is 0 Å². The third-order valence-corrected chi connectivity index (χ3v) is 1.83. The maximum absolute atomic E-state index is 5.70. The third kappa shape index (κ3) is 1.08. The second-order valence-electron chi connectivity index (χ2n) is 2.61. The first kappa shape index (κ1) is 7.37. The second kappa shape index (κ2) is 2.48. The van der Waals surface area contributed by atoms with E-state index in [0.717, 1.165) is 18.1 Å². The first-order valence-corrected chi connectivity index (χ1v) is 3.29. The van der Waals surface area contributed by atoms with Crippen molar-refractivity contribution in [3.63, 3.8) is 0 Å². The van der Waals surface area contributed by atoms with Crippen LogP contribution in [-0.2, 0) is 0 Å². The Kier molecular flexibility index (Phi) is 1.82. The highest BCUT2D eigenvalue weighted by atomic mass is 15.3. The minimum absolute atomic E-state index is 0.0730. The molecule has 58 valence electrons. The van der Waals surface area contributed by atoms with E-state index in [2.05, 4.69) is 5.32 Å². The largest absolute Gasteiger partial charge is 0.385 e. The number of nitrogens with two attached hydrogens (primary N) is 2. The van der Waals surface area contributed by atoms with E-state index in [-0.39, 0.29) is 6.17 Å². The van der Waals surface area contributed by atoms with Crippen LogP contribution in [0.3, 0.4) is 0 Å². The average Bonchev–Trinajstić information content (AvgIpc) is 1.93. The number of rotatable bonds is 0. The van der Waals surface area contributed by atoms with E-state index < -0.39 is 0 Å². The molecule has 0 bridgehead atoms. The Balaban J connectivity index is 2.81. The van der Waals surface area contributed by atoms with Gasteiger partial charge in [-0.25, -0.2) is 0 Å². The fourth-order valence-corrected chi connectivity index (χ4v) is 0.934. The van der Waals surface area contributed by atoms with Crippen LogP contribution in [0.2, 0.25) is 0 Å². The molecule has 1 rings (SSSR count). The zero-order chi connectivity index (χ0) is 7.72. The van der Waals surface area contributed by atoms with Gasteiger partial charge in [-0.1, -0.05) is 0 Å². The van der Waals surface area contributed by atoms with Gasteiger partial charge >= 0.3 is 0 Å². The number of nitrogens with zero attached hydrogens (tertiary/aromatic N) is 1. The Morgan fingerprint density at radius 1 is 1.70 bits per heavy atom. The smallest absolute Gasteiger partial charge is 0.101 e. The summed E-state index contributed by atoms with van der Waals surface area (Å²) in [5.41, 5.74) is 12.4. The van der Waals surface area contributed by atoms with E-state index in [0.29, 0.717) is 0 Å². The van der Waals surface area contributed by atoms with Crippen LogP contribution in [0.4, 0.5) is 0 Å². The van der Waals surface area contributed by atoms with Crippen LogP contribution < -0.4 is 16.8 Å². The molecule has 0 aromatic carbocycles. The molecular formula is C6H14N4. The molecule has 10 heavy (non-hydrogen) atoms. The van der Waals surface area contributed by atoms with E-state index in [1.54, 1.807) is 0 Å².